The molecular weight excluding hydrogens is 380 g/mol. The third kappa shape index (κ3) is 3.90. The molecule has 2 atom stereocenters. The lowest BCUT2D eigenvalue weighted by molar-refractivity contribution is 0.247. The van der Waals surface area contributed by atoms with E-state index in [0.29, 0.717) is 40.7 Å². The third-order valence-corrected chi connectivity index (χ3v) is 6.08. The summed E-state index contributed by atoms with van der Waals surface area (Å²) in [5.41, 5.74) is 3.90. The van der Waals surface area contributed by atoms with Crippen LogP contribution in [0.25, 0.3) is 0 Å². The molecule has 5 nitrogen and oxygen atoms in total. The summed E-state index contributed by atoms with van der Waals surface area (Å²) in [5.74, 6) is 0.287. The van der Waals surface area contributed by atoms with Gasteiger partial charge in [0.1, 0.15) is 23.0 Å². The first-order chi connectivity index (χ1) is 13.9. The zero-order chi connectivity index (χ0) is 22.4. The zero-order valence-electron chi connectivity index (χ0n) is 18.1. The van der Waals surface area contributed by atoms with E-state index in [1.54, 1.807) is 45.9 Å². The van der Waals surface area contributed by atoms with Crippen LogP contribution >= 0.6 is 0 Å². The molecule has 0 aromatic heterocycles. The summed E-state index contributed by atoms with van der Waals surface area (Å²) < 4.78 is 0. The molecule has 0 aliphatic heterocycles. The van der Waals surface area contributed by atoms with Crippen molar-refractivity contribution in [3.05, 3.63) is 69.3 Å². The number of phenolic OH excluding ortho intramolecular Hbond substituents is 4. The maximum atomic E-state index is 10.5. The number of allylic oxidation sites excluding steroid dienone is 2. The van der Waals surface area contributed by atoms with E-state index in [-0.39, 0.29) is 23.0 Å². The summed E-state index contributed by atoms with van der Waals surface area (Å²) in [5, 5.41) is 51.6. The van der Waals surface area contributed by atoms with Gasteiger partial charge in [0.25, 0.3) is 0 Å². The van der Waals surface area contributed by atoms with Gasteiger partial charge in [0.15, 0.2) is 0 Å². The van der Waals surface area contributed by atoms with Gasteiger partial charge in [0.2, 0.25) is 0 Å². The van der Waals surface area contributed by atoms with Gasteiger partial charge in [0, 0.05) is 16.5 Å². The van der Waals surface area contributed by atoms with Gasteiger partial charge >= 0.3 is 0 Å². The van der Waals surface area contributed by atoms with E-state index >= 15 is 0 Å². The Kier molecular flexibility index (Phi) is 5.61. The zero-order valence-corrected chi connectivity index (χ0v) is 18.1. The molecule has 0 fully saturated rings. The lowest BCUT2D eigenvalue weighted by Gasteiger charge is -2.30. The fourth-order valence-corrected chi connectivity index (χ4v) is 4.25. The van der Waals surface area contributed by atoms with Gasteiger partial charge in [-0.25, -0.2) is 0 Å². The van der Waals surface area contributed by atoms with E-state index in [4.69, 9.17) is 0 Å². The summed E-state index contributed by atoms with van der Waals surface area (Å²) in [4.78, 5) is 0. The maximum Gasteiger partial charge on any atom is 0.125 e. The highest BCUT2D eigenvalue weighted by atomic mass is 16.3. The Balaban J connectivity index is 1.96. The molecule has 0 amide bonds. The third-order valence-electron chi connectivity index (χ3n) is 6.08. The average Bonchev–Trinajstić information content (AvgIpc) is 2.69. The van der Waals surface area contributed by atoms with Crippen molar-refractivity contribution in [1.82, 2.24) is 0 Å². The standard InChI is InChI=1S/C25H30O5/c1-13-8-17(23(29)15(3)21(13)27)10-18-11-25(5,7-6-20(18)26)12-19-9-14(2)22(28)16(4)24(19)30/h6-9,11,20,26-30H,10,12H2,1-5H3. The van der Waals surface area contributed by atoms with Gasteiger partial charge in [0.05, 0.1) is 6.10 Å². The van der Waals surface area contributed by atoms with Crippen LogP contribution in [0.3, 0.4) is 0 Å². The lowest BCUT2D eigenvalue weighted by atomic mass is 9.76. The molecule has 0 saturated carbocycles. The molecule has 0 bridgehead atoms. The fourth-order valence-electron chi connectivity index (χ4n) is 4.25. The number of rotatable bonds is 4. The Morgan fingerprint density at radius 2 is 1.30 bits per heavy atom. The van der Waals surface area contributed by atoms with Gasteiger partial charge in [-0.05, 0) is 80.5 Å². The van der Waals surface area contributed by atoms with Gasteiger partial charge in [-0.15, -0.1) is 0 Å². The number of hydrogen-bond acceptors (Lipinski definition) is 5. The van der Waals surface area contributed by atoms with Crippen molar-refractivity contribution in [2.45, 2.75) is 53.6 Å². The minimum absolute atomic E-state index is 0.0323. The topological polar surface area (TPSA) is 101 Å². The Bertz CT molecular complexity index is 1060. The van der Waals surface area contributed by atoms with Crippen molar-refractivity contribution in [1.29, 1.82) is 0 Å². The lowest BCUT2D eigenvalue weighted by Crippen LogP contribution is -2.24. The molecule has 1 aliphatic carbocycles. The summed E-state index contributed by atoms with van der Waals surface area (Å²) >= 11 is 0. The number of hydrogen-bond donors (Lipinski definition) is 5. The van der Waals surface area contributed by atoms with Crippen molar-refractivity contribution in [3.63, 3.8) is 0 Å². The van der Waals surface area contributed by atoms with Crippen molar-refractivity contribution in [3.8, 4) is 23.0 Å². The van der Waals surface area contributed by atoms with E-state index in [2.05, 4.69) is 0 Å². The first kappa shape index (κ1) is 21.8. The van der Waals surface area contributed by atoms with Crippen molar-refractivity contribution < 1.29 is 25.5 Å². The second-order valence-electron chi connectivity index (χ2n) is 8.73. The Morgan fingerprint density at radius 1 is 0.800 bits per heavy atom. The largest absolute Gasteiger partial charge is 0.507 e. The van der Waals surface area contributed by atoms with Gasteiger partial charge in [-0.2, -0.15) is 0 Å². The quantitative estimate of drug-likeness (QED) is 0.481. The van der Waals surface area contributed by atoms with E-state index in [0.717, 1.165) is 11.1 Å². The van der Waals surface area contributed by atoms with Crippen LogP contribution in [-0.2, 0) is 12.8 Å². The first-order valence-electron chi connectivity index (χ1n) is 10.0. The first-order valence-corrected chi connectivity index (χ1v) is 10.0. The minimum Gasteiger partial charge on any atom is -0.507 e. The molecule has 2 aromatic rings. The Labute approximate surface area is 177 Å². The van der Waals surface area contributed by atoms with Crippen LogP contribution < -0.4 is 0 Å². The number of phenols is 4. The van der Waals surface area contributed by atoms with Crippen LogP contribution in [-0.4, -0.2) is 31.6 Å². The molecule has 2 aromatic carbocycles. The Morgan fingerprint density at radius 3 is 1.87 bits per heavy atom. The number of benzene rings is 2. The fraction of sp³-hybridized carbons (Fsp3) is 0.360. The highest BCUT2D eigenvalue weighted by Crippen LogP contribution is 2.41. The van der Waals surface area contributed by atoms with Crippen molar-refractivity contribution in [2.75, 3.05) is 0 Å². The molecule has 2 unspecified atom stereocenters. The van der Waals surface area contributed by atoms with E-state index in [1.807, 2.05) is 19.1 Å². The molecule has 30 heavy (non-hydrogen) atoms. The van der Waals surface area contributed by atoms with Crippen LogP contribution in [0.15, 0.2) is 35.9 Å². The average molecular weight is 411 g/mol. The predicted octanol–water partition coefficient (Wildman–Crippen LogP) is 4.39. The van der Waals surface area contributed by atoms with E-state index < -0.39 is 11.5 Å². The highest BCUT2D eigenvalue weighted by Gasteiger charge is 2.28. The molecule has 5 heteroatoms. The minimum atomic E-state index is -0.774. The highest BCUT2D eigenvalue weighted by molar-refractivity contribution is 5.55. The molecule has 0 heterocycles. The maximum absolute atomic E-state index is 10.5. The van der Waals surface area contributed by atoms with Gasteiger partial charge in [-0.1, -0.05) is 25.2 Å². The Hall–Kier alpha value is -2.92. The van der Waals surface area contributed by atoms with Crippen LogP contribution in [0, 0.1) is 33.1 Å². The van der Waals surface area contributed by atoms with Crippen molar-refractivity contribution >= 4 is 0 Å². The second-order valence-corrected chi connectivity index (χ2v) is 8.73. The molecule has 0 saturated heterocycles. The van der Waals surface area contributed by atoms with E-state index in [9.17, 15) is 25.5 Å². The summed E-state index contributed by atoms with van der Waals surface area (Å²) in [6.45, 7) is 8.94. The van der Waals surface area contributed by atoms with E-state index in [1.165, 1.54) is 0 Å². The normalized spacial score (nSPS) is 21.0. The smallest absolute Gasteiger partial charge is 0.125 e. The summed E-state index contributed by atoms with van der Waals surface area (Å²) in [6.07, 6.45) is 5.69. The van der Waals surface area contributed by atoms with Crippen LogP contribution in [0.2, 0.25) is 0 Å². The number of aryl methyl sites for hydroxylation is 2. The number of aliphatic hydroxyl groups excluding tert-OH is 1. The second kappa shape index (κ2) is 7.73. The number of aromatic hydroxyl groups is 4. The van der Waals surface area contributed by atoms with Gasteiger partial charge in [-0.3, -0.25) is 0 Å². The van der Waals surface area contributed by atoms with Crippen LogP contribution in [0.5, 0.6) is 23.0 Å². The van der Waals surface area contributed by atoms with Crippen LogP contribution in [0.4, 0.5) is 0 Å². The summed E-state index contributed by atoms with van der Waals surface area (Å²) in [6, 6.07) is 3.52. The molecule has 5 N–H and O–H groups in total. The molecule has 0 radical (unpaired) electrons. The van der Waals surface area contributed by atoms with Crippen molar-refractivity contribution in [2.24, 2.45) is 5.41 Å². The van der Waals surface area contributed by atoms with Gasteiger partial charge < -0.3 is 25.5 Å². The molecule has 1 aliphatic rings. The SMILES string of the molecule is Cc1cc(CC2=CC(C)(Cc3cc(C)c(O)c(C)c3O)C=CC2O)c(O)c(C)c1O. The summed E-state index contributed by atoms with van der Waals surface area (Å²) in [7, 11) is 0. The molecule has 0 spiro atoms. The molecular formula is C25H30O5. The molecule has 3 rings (SSSR count). The monoisotopic (exact) mass is 410 g/mol. The molecule has 160 valence electrons. The number of aliphatic hydroxyl groups is 1. The predicted molar refractivity (Wildman–Crippen MR) is 117 cm³/mol. The van der Waals surface area contributed by atoms with Crippen LogP contribution in [0.1, 0.15) is 40.3 Å².